The Balaban J connectivity index is 1.79. The smallest absolute Gasteiger partial charge is 0.276 e. The van der Waals surface area contributed by atoms with E-state index in [0.717, 1.165) is 25.2 Å². The summed E-state index contributed by atoms with van der Waals surface area (Å²) in [7, 11) is 0. The number of benzene rings is 2. The maximum atomic E-state index is 11.9. The van der Waals surface area contributed by atoms with Crippen molar-refractivity contribution in [2.45, 2.75) is 13.3 Å². The summed E-state index contributed by atoms with van der Waals surface area (Å²) in [6, 6.07) is 16.5. The van der Waals surface area contributed by atoms with Gasteiger partial charge in [-0.15, -0.1) is 0 Å². The van der Waals surface area contributed by atoms with Crippen LogP contribution in [0.25, 0.3) is 6.08 Å². The lowest BCUT2D eigenvalue weighted by atomic mass is 10.1. The van der Waals surface area contributed by atoms with E-state index in [1.807, 2.05) is 18.2 Å². The summed E-state index contributed by atoms with van der Waals surface area (Å²) in [6.45, 7) is 4.38. The first kappa shape index (κ1) is 19.2. The summed E-state index contributed by atoms with van der Waals surface area (Å²) in [5.41, 5.74) is 1.56. The van der Waals surface area contributed by atoms with Crippen molar-refractivity contribution >= 4 is 23.4 Å². The molecule has 26 heavy (non-hydrogen) atoms. The predicted octanol–water partition coefficient (Wildman–Crippen LogP) is 3.64. The largest absolute Gasteiger partial charge is 0.372 e. The van der Waals surface area contributed by atoms with E-state index < -0.39 is 4.92 Å². The highest BCUT2D eigenvalue weighted by atomic mass is 16.6. The molecule has 0 saturated heterocycles. The molecular weight excluding hydrogens is 330 g/mol. The van der Waals surface area contributed by atoms with Gasteiger partial charge in [-0.3, -0.25) is 14.9 Å². The Bertz CT molecular complexity index is 760. The molecule has 0 aliphatic heterocycles. The quantitative estimate of drug-likeness (QED) is 0.323. The third kappa shape index (κ3) is 5.73. The van der Waals surface area contributed by atoms with E-state index in [-0.39, 0.29) is 11.6 Å². The third-order valence-corrected chi connectivity index (χ3v) is 3.95. The lowest BCUT2D eigenvalue weighted by Crippen LogP contribution is -2.29. The molecule has 1 N–H and O–H groups in total. The second kappa shape index (κ2) is 9.98. The highest BCUT2D eigenvalue weighted by Crippen LogP contribution is 2.18. The van der Waals surface area contributed by atoms with E-state index in [1.165, 1.54) is 18.2 Å². The van der Waals surface area contributed by atoms with E-state index in [9.17, 15) is 14.9 Å². The van der Waals surface area contributed by atoms with Crippen LogP contribution in [0.3, 0.4) is 0 Å². The van der Waals surface area contributed by atoms with Crippen molar-refractivity contribution in [3.8, 4) is 0 Å². The maximum Gasteiger partial charge on any atom is 0.276 e. The topological polar surface area (TPSA) is 75.5 Å². The van der Waals surface area contributed by atoms with Crippen LogP contribution in [0.5, 0.6) is 0 Å². The molecular formula is C20H23N3O3. The van der Waals surface area contributed by atoms with Gasteiger partial charge in [0, 0.05) is 37.5 Å². The van der Waals surface area contributed by atoms with Gasteiger partial charge in [-0.05, 0) is 37.6 Å². The van der Waals surface area contributed by atoms with Crippen LogP contribution >= 0.6 is 0 Å². The van der Waals surface area contributed by atoms with Crippen LogP contribution in [0.2, 0.25) is 0 Å². The number of para-hydroxylation sites is 2. The number of nitro groups is 1. The molecule has 0 unspecified atom stereocenters. The molecule has 0 bridgehead atoms. The molecule has 0 atom stereocenters. The third-order valence-electron chi connectivity index (χ3n) is 3.95. The molecule has 136 valence electrons. The van der Waals surface area contributed by atoms with Crippen LogP contribution in [0.1, 0.15) is 18.9 Å². The molecule has 0 spiro atoms. The van der Waals surface area contributed by atoms with Crippen molar-refractivity contribution in [3.63, 3.8) is 0 Å². The second-order valence-corrected chi connectivity index (χ2v) is 5.71. The van der Waals surface area contributed by atoms with Gasteiger partial charge in [0.15, 0.2) is 0 Å². The lowest BCUT2D eigenvalue weighted by Gasteiger charge is -2.23. The van der Waals surface area contributed by atoms with Crippen LogP contribution in [0.15, 0.2) is 60.7 Å². The van der Waals surface area contributed by atoms with E-state index in [0.29, 0.717) is 12.1 Å². The fourth-order valence-corrected chi connectivity index (χ4v) is 2.61. The highest BCUT2D eigenvalue weighted by Gasteiger charge is 2.09. The first-order valence-corrected chi connectivity index (χ1v) is 8.61. The summed E-state index contributed by atoms with van der Waals surface area (Å²) in [6.07, 6.45) is 3.61. The minimum Gasteiger partial charge on any atom is -0.372 e. The number of rotatable bonds is 9. The summed E-state index contributed by atoms with van der Waals surface area (Å²) < 4.78 is 0. The van der Waals surface area contributed by atoms with Crippen LogP contribution < -0.4 is 10.2 Å². The van der Waals surface area contributed by atoms with Crippen molar-refractivity contribution in [1.29, 1.82) is 0 Å². The highest BCUT2D eigenvalue weighted by molar-refractivity contribution is 5.92. The number of nitrogens with one attached hydrogen (secondary N) is 1. The molecule has 0 fully saturated rings. The molecule has 6 nitrogen and oxygen atoms in total. The minimum absolute atomic E-state index is 0.0157. The Labute approximate surface area is 153 Å². The Morgan fingerprint density at radius 2 is 1.85 bits per heavy atom. The van der Waals surface area contributed by atoms with Crippen molar-refractivity contribution < 1.29 is 9.72 Å². The molecule has 0 radical (unpaired) electrons. The maximum absolute atomic E-state index is 11.9. The monoisotopic (exact) mass is 353 g/mol. The van der Waals surface area contributed by atoms with Gasteiger partial charge in [0.25, 0.3) is 5.69 Å². The number of hydrogen-bond acceptors (Lipinski definition) is 4. The van der Waals surface area contributed by atoms with Gasteiger partial charge in [0.2, 0.25) is 5.91 Å². The van der Waals surface area contributed by atoms with E-state index in [4.69, 9.17) is 0 Å². The van der Waals surface area contributed by atoms with Gasteiger partial charge < -0.3 is 10.2 Å². The zero-order chi connectivity index (χ0) is 18.8. The zero-order valence-electron chi connectivity index (χ0n) is 14.8. The molecule has 6 heteroatoms. The molecule has 2 rings (SSSR count). The Morgan fingerprint density at radius 3 is 2.54 bits per heavy atom. The summed E-state index contributed by atoms with van der Waals surface area (Å²) in [5.74, 6) is -0.258. The van der Waals surface area contributed by atoms with Crippen molar-refractivity contribution in [3.05, 3.63) is 76.4 Å². The van der Waals surface area contributed by atoms with E-state index in [2.05, 4.69) is 29.3 Å². The fraction of sp³-hybridized carbons (Fsp3) is 0.250. The van der Waals surface area contributed by atoms with Crippen molar-refractivity contribution in [1.82, 2.24) is 5.32 Å². The number of amides is 1. The van der Waals surface area contributed by atoms with Crippen LogP contribution in [0, 0.1) is 10.1 Å². The second-order valence-electron chi connectivity index (χ2n) is 5.71. The molecule has 0 aliphatic carbocycles. The number of carbonyl (C=O) groups excluding carboxylic acids is 1. The molecule has 2 aromatic rings. The lowest BCUT2D eigenvalue weighted by molar-refractivity contribution is -0.385. The number of nitrogens with zero attached hydrogens (tertiary/aromatic N) is 2. The average Bonchev–Trinajstić information content (AvgIpc) is 2.67. The van der Waals surface area contributed by atoms with Crippen molar-refractivity contribution in [2.24, 2.45) is 0 Å². The summed E-state index contributed by atoms with van der Waals surface area (Å²) >= 11 is 0. The van der Waals surface area contributed by atoms with Crippen molar-refractivity contribution in [2.75, 3.05) is 24.5 Å². The Kier molecular flexibility index (Phi) is 7.36. The average molecular weight is 353 g/mol. The molecule has 0 heterocycles. The summed E-state index contributed by atoms with van der Waals surface area (Å²) in [5, 5.41) is 13.8. The SMILES string of the molecule is CCN(CCCNC(=O)C=Cc1ccccc1[N+](=O)[O-])c1ccccc1. The predicted molar refractivity (Wildman–Crippen MR) is 104 cm³/mol. The fourth-order valence-electron chi connectivity index (χ4n) is 2.61. The number of anilines is 1. The van der Waals surface area contributed by atoms with Gasteiger partial charge in [-0.1, -0.05) is 30.3 Å². The van der Waals surface area contributed by atoms with Crippen LogP contribution in [-0.4, -0.2) is 30.5 Å². The first-order valence-electron chi connectivity index (χ1n) is 8.61. The number of hydrogen-bond donors (Lipinski definition) is 1. The molecule has 2 aromatic carbocycles. The van der Waals surface area contributed by atoms with Gasteiger partial charge in [0.05, 0.1) is 10.5 Å². The Morgan fingerprint density at radius 1 is 1.15 bits per heavy atom. The number of carbonyl (C=O) groups is 1. The standard InChI is InChI=1S/C20H23N3O3/c1-2-22(18-10-4-3-5-11-18)16-8-15-21-20(24)14-13-17-9-6-7-12-19(17)23(25)26/h3-7,9-14H,2,8,15-16H2,1H3,(H,21,24). The normalized spacial score (nSPS) is 10.7. The summed E-state index contributed by atoms with van der Waals surface area (Å²) in [4.78, 5) is 24.6. The van der Waals surface area contributed by atoms with Gasteiger partial charge in [-0.25, -0.2) is 0 Å². The minimum atomic E-state index is -0.458. The number of nitro benzene ring substituents is 1. The van der Waals surface area contributed by atoms with E-state index in [1.54, 1.807) is 18.2 Å². The van der Waals surface area contributed by atoms with E-state index >= 15 is 0 Å². The Hall–Kier alpha value is -3.15. The van der Waals surface area contributed by atoms with Gasteiger partial charge in [-0.2, -0.15) is 0 Å². The van der Waals surface area contributed by atoms with Gasteiger partial charge in [0.1, 0.15) is 0 Å². The molecule has 0 aromatic heterocycles. The van der Waals surface area contributed by atoms with Gasteiger partial charge >= 0.3 is 0 Å². The molecule has 0 saturated carbocycles. The van der Waals surface area contributed by atoms with Crippen LogP contribution in [0.4, 0.5) is 11.4 Å². The molecule has 1 amide bonds. The first-order chi connectivity index (χ1) is 12.6. The zero-order valence-corrected chi connectivity index (χ0v) is 14.8. The molecule has 0 aliphatic rings. The van der Waals surface area contributed by atoms with Crippen LogP contribution in [-0.2, 0) is 4.79 Å².